The fraction of sp³-hybridized carbons (Fsp3) is 0.778. The lowest BCUT2D eigenvalue weighted by atomic mass is 10.1. The molecule has 0 aliphatic rings. The van der Waals surface area contributed by atoms with E-state index in [2.05, 4.69) is 5.32 Å². The molecule has 88 valence electrons. The minimum atomic E-state index is -1.04. The first-order valence-corrected chi connectivity index (χ1v) is 5.01. The van der Waals surface area contributed by atoms with Crippen molar-refractivity contribution in [3.05, 3.63) is 0 Å². The van der Waals surface area contributed by atoms with Crippen LogP contribution in [-0.4, -0.2) is 35.6 Å². The number of carboxylic acid groups (broad SMARTS) is 1. The van der Waals surface area contributed by atoms with E-state index in [1.807, 2.05) is 6.92 Å². The highest BCUT2D eigenvalue weighted by Gasteiger charge is 2.21. The van der Waals surface area contributed by atoms with Gasteiger partial charge in [-0.2, -0.15) is 0 Å². The molecule has 0 spiro atoms. The molecule has 0 aromatic carbocycles. The monoisotopic (exact) mass is 217 g/mol. The maximum atomic E-state index is 11.3. The van der Waals surface area contributed by atoms with E-state index in [-0.39, 0.29) is 6.54 Å². The average molecular weight is 217 g/mol. The van der Waals surface area contributed by atoms with Crippen LogP contribution < -0.4 is 16.8 Å². The van der Waals surface area contributed by atoms with Gasteiger partial charge in [-0.3, -0.25) is 4.79 Å². The van der Waals surface area contributed by atoms with Gasteiger partial charge in [0.2, 0.25) is 5.91 Å². The number of amides is 1. The van der Waals surface area contributed by atoms with Crippen LogP contribution in [0, 0.1) is 0 Å². The molecule has 0 radical (unpaired) electrons. The first-order valence-electron chi connectivity index (χ1n) is 5.01. The van der Waals surface area contributed by atoms with Crippen LogP contribution >= 0.6 is 0 Å². The highest BCUT2D eigenvalue weighted by molar-refractivity contribution is 5.86. The molecule has 6 heteroatoms. The summed E-state index contributed by atoms with van der Waals surface area (Å²) in [4.78, 5) is 22.0. The highest BCUT2D eigenvalue weighted by Crippen LogP contribution is 2.01. The summed E-state index contributed by atoms with van der Waals surface area (Å²) >= 11 is 0. The minimum absolute atomic E-state index is 0.00590. The summed E-state index contributed by atoms with van der Waals surface area (Å²) in [5.74, 6) is -1.55. The summed E-state index contributed by atoms with van der Waals surface area (Å²) in [7, 11) is 0. The molecule has 6 N–H and O–H groups in total. The quantitative estimate of drug-likeness (QED) is 0.437. The van der Waals surface area contributed by atoms with Crippen LogP contribution in [0.1, 0.15) is 26.2 Å². The van der Waals surface area contributed by atoms with Crippen molar-refractivity contribution in [2.75, 3.05) is 6.54 Å². The zero-order chi connectivity index (χ0) is 11.8. The molecule has 0 saturated carbocycles. The van der Waals surface area contributed by atoms with Gasteiger partial charge in [0.15, 0.2) is 0 Å². The number of unbranched alkanes of at least 4 members (excludes halogenated alkanes) is 1. The third-order valence-electron chi connectivity index (χ3n) is 2.05. The van der Waals surface area contributed by atoms with Gasteiger partial charge in [-0.15, -0.1) is 0 Å². The fourth-order valence-corrected chi connectivity index (χ4v) is 1.05. The fourth-order valence-electron chi connectivity index (χ4n) is 1.05. The van der Waals surface area contributed by atoms with Crippen molar-refractivity contribution in [1.82, 2.24) is 5.32 Å². The van der Waals surface area contributed by atoms with E-state index < -0.39 is 24.0 Å². The predicted octanol–water partition coefficient (Wildman–Crippen LogP) is -0.968. The van der Waals surface area contributed by atoms with Crippen molar-refractivity contribution in [3.63, 3.8) is 0 Å². The van der Waals surface area contributed by atoms with E-state index in [0.29, 0.717) is 6.42 Å². The summed E-state index contributed by atoms with van der Waals surface area (Å²) in [6.45, 7) is 1.96. The lowest BCUT2D eigenvalue weighted by Crippen LogP contribution is -2.51. The van der Waals surface area contributed by atoms with Crippen LogP contribution in [0.2, 0.25) is 0 Å². The molecule has 2 atom stereocenters. The lowest BCUT2D eigenvalue weighted by Gasteiger charge is -2.16. The van der Waals surface area contributed by atoms with Gasteiger partial charge >= 0.3 is 5.97 Å². The molecule has 0 saturated heterocycles. The number of hydrogen-bond acceptors (Lipinski definition) is 4. The van der Waals surface area contributed by atoms with Gasteiger partial charge in [0, 0.05) is 6.54 Å². The Bertz CT molecular complexity index is 221. The van der Waals surface area contributed by atoms with E-state index in [0.717, 1.165) is 12.8 Å². The number of rotatable bonds is 7. The molecule has 0 bridgehead atoms. The van der Waals surface area contributed by atoms with Gasteiger partial charge in [0.05, 0.1) is 6.04 Å². The third-order valence-corrected chi connectivity index (χ3v) is 2.05. The Morgan fingerprint density at radius 3 is 2.47 bits per heavy atom. The Labute approximate surface area is 89.0 Å². The summed E-state index contributed by atoms with van der Waals surface area (Å²) in [6.07, 6.45) is 2.03. The second-order valence-electron chi connectivity index (χ2n) is 3.38. The van der Waals surface area contributed by atoms with E-state index in [1.165, 1.54) is 0 Å². The SMILES string of the molecule is CCCC[C@H](NC(=O)[C@@H](N)CN)C(=O)O. The Morgan fingerprint density at radius 2 is 2.07 bits per heavy atom. The normalized spacial score (nSPS) is 14.3. The Kier molecular flexibility index (Phi) is 6.64. The molecule has 0 aliphatic carbocycles. The summed E-state index contributed by atoms with van der Waals surface area (Å²) < 4.78 is 0. The number of carboxylic acids is 1. The number of carbonyl (C=O) groups excluding carboxylic acids is 1. The molecular formula is C9H19N3O3. The maximum absolute atomic E-state index is 11.3. The molecular weight excluding hydrogens is 198 g/mol. The lowest BCUT2D eigenvalue weighted by molar-refractivity contribution is -0.142. The van der Waals surface area contributed by atoms with E-state index in [4.69, 9.17) is 16.6 Å². The Morgan fingerprint density at radius 1 is 1.47 bits per heavy atom. The summed E-state index contributed by atoms with van der Waals surface area (Å²) in [6, 6.07) is -1.71. The van der Waals surface area contributed by atoms with Crippen LogP contribution in [0.4, 0.5) is 0 Å². The van der Waals surface area contributed by atoms with Gasteiger partial charge < -0.3 is 21.9 Å². The topological polar surface area (TPSA) is 118 Å². The van der Waals surface area contributed by atoms with Gasteiger partial charge in [-0.25, -0.2) is 4.79 Å². The average Bonchev–Trinajstić information content (AvgIpc) is 2.22. The second kappa shape index (κ2) is 7.19. The van der Waals surface area contributed by atoms with Gasteiger partial charge in [0.25, 0.3) is 0 Å². The number of carbonyl (C=O) groups is 2. The standard InChI is InChI=1S/C9H19N3O3/c1-2-3-4-7(9(14)15)12-8(13)6(11)5-10/h6-7H,2-5,10-11H2,1H3,(H,12,13)(H,14,15)/t6-,7-/m0/s1. The van der Waals surface area contributed by atoms with Crippen molar-refractivity contribution in [2.45, 2.75) is 38.3 Å². The molecule has 15 heavy (non-hydrogen) atoms. The summed E-state index contributed by atoms with van der Waals surface area (Å²) in [5.41, 5.74) is 10.6. The highest BCUT2D eigenvalue weighted by atomic mass is 16.4. The van der Waals surface area contributed by atoms with Gasteiger partial charge in [-0.1, -0.05) is 19.8 Å². The Balaban J connectivity index is 4.16. The second-order valence-corrected chi connectivity index (χ2v) is 3.38. The zero-order valence-corrected chi connectivity index (χ0v) is 8.90. The van der Waals surface area contributed by atoms with Crippen LogP contribution in [0.3, 0.4) is 0 Å². The van der Waals surface area contributed by atoms with E-state index in [9.17, 15) is 9.59 Å². The largest absolute Gasteiger partial charge is 0.480 e. The zero-order valence-electron chi connectivity index (χ0n) is 8.90. The van der Waals surface area contributed by atoms with Gasteiger partial charge in [0.1, 0.15) is 6.04 Å². The molecule has 0 aromatic rings. The maximum Gasteiger partial charge on any atom is 0.326 e. The number of nitrogens with two attached hydrogens (primary N) is 2. The predicted molar refractivity (Wildman–Crippen MR) is 56.1 cm³/mol. The number of hydrogen-bond donors (Lipinski definition) is 4. The first kappa shape index (κ1) is 13.9. The summed E-state index contributed by atoms with van der Waals surface area (Å²) in [5, 5.41) is 11.2. The first-order chi connectivity index (χ1) is 7.02. The smallest absolute Gasteiger partial charge is 0.326 e. The van der Waals surface area contributed by atoms with Crippen molar-refractivity contribution >= 4 is 11.9 Å². The molecule has 0 aromatic heterocycles. The third kappa shape index (κ3) is 5.34. The van der Waals surface area contributed by atoms with Crippen LogP contribution in [0.5, 0.6) is 0 Å². The molecule has 1 amide bonds. The van der Waals surface area contributed by atoms with Gasteiger partial charge in [-0.05, 0) is 6.42 Å². The van der Waals surface area contributed by atoms with Crippen molar-refractivity contribution in [2.24, 2.45) is 11.5 Å². The molecule has 0 unspecified atom stereocenters. The number of nitrogens with one attached hydrogen (secondary N) is 1. The van der Waals surface area contributed by atoms with E-state index in [1.54, 1.807) is 0 Å². The molecule has 0 rings (SSSR count). The minimum Gasteiger partial charge on any atom is -0.480 e. The molecule has 0 fully saturated rings. The van der Waals surface area contributed by atoms with Crippen molar-refractivity contribution < 1.29 is 14.7 Å². The number of aliphatic carboxylic acids is 1. The van der Waals surface area contributed by atoms with Crippen LogP contribution in [-0.2, 0) is 9.59 Å². The van der Waals surface area contributed by atoms with Crippen molar-refractivity contribution in [3.8, 4) is 0 Å². The van der Waals surface area contributed by atoms with E-state index >= 15 is 0 Å². The van der Waals surface area contributed by atoms with Crippen LogP contribution in [0.25, 0.3) is 0 Å². The Hall–Kier alpha value is -1.14. The van der Waals surface area contributed by atoms with Crippen molar-refractivity contribution in [1.29, 1.82) is 0 Å². The molecule has 0 heterocycles. The van der Waals surface area contributed by atoms with Crippen LogP contribution in [0.15, 0.2) is 0 Å². The molecule has 6 nitrogen and oxygen atoms in total. The molecule has 0 aliphatic heterocycles.